The number of sulfonamides is 1. The Morgan fingerprint density at radius 1 is 1.00 bits per heavy atom. The predicted octanol–water partition coefficient (Wildman–Crippen LogP) is 4.10. The molecular weight excluding hydrogens is 439 g/mol. The molecule has 0 N–H and O–H groups in total. The molecule has 0 amide bonds. The van der Waals surface area contributed by atoms with Gasteiger partial charge in [0.2, 0.25) is 10.0 Å². The number of rotatable bonds is 7. The van der Waals surface area contributed by atoms with Crippen LogP contribution in [0.25, 0.3) is 12.2 Å². The van der Waals surface area contributed by atoms with Gasteiger partial charge in [0.25, 0.3) is 0 Å². The van der Waals surface area contributed by atoms with E-state index in [-0.39, 0.29) is 5.82 Å². The van der Waals surface area contributed by atoms with Crippen molar-refractivity contribution < 1.29 is 12.8 Å². The number of benzene rings is 2. The molecule has 1 fully saturated rings. The van der Waals surface area contributed by atoms with Gasteiger partial charge in [0, 0.05) is 50.8 Å². The molecule has 0 spiro atoms. The fourth-order valence-corrected chi connectivity index (χ4v) is 5.21. The second-order valence-corrected chi connectivity index (χ2v) is 11.0. The van der Waals surface area contributed by atoms with Crippen LogP contribution >= 0.6 is 0 Å². The third kappa shape index (κ3) is 5.69. The van der Waals surface area contributed by atoms with Gasteiger partial charge in [0.1, 0.15) is 5.82 Å². The summed E-state index contributed by atoms with van der Waals surface area (Å²) in [5.74, 6) is -0.263. The monoisotopic (exact) mass is 468 g/mol. The molecule has 6 nitrogen and oxygen atoms in total. The van der Waals surface area contributed by atoms with Crippen molar-refractivity contribution >= 4 is 27.9 Å². The van der Waals surface area contributed by atoms with E-state index in [1.54, 1.807) is 30.7 Å². The third-order valence-corrected chi connectivity index (χ3v) is 8.10. The number of imidazole rings is 1. The van der Waals surface area contributed by atoms with Crippen molar-refractivity contribution in [3.63, 3.8) is 0 Å². The minimum Gasteiger partial charge on any atom is -0.369 e. The van der Waals surface area contributed by atoms with E-state index in [2.05, 4.69) is 9.88 Å². The molecule has 1 aliphatic rings. The molecular formula is C25H29FN4O2S. The molecule has 4 rings (SSSR count). The molecule has 1 aromatic heterocycles. The van der Waals surface area contributed by atoms with Gasteiger partial charge in [-0.05, 0) is 60.9 Å². The molecule has 0 saturated carbocycles. The molecule has 0 unspecified atom stereocenters. The summed E-state index contributed by atoms with van der Waals surface area (Å²) in [6.07, 6.45) is 9.14. The fraction of sp³-hybridized carbons (Fsp3) is 0.320. The van der Waals surface area contributed by atoms with Crippen molar-refractivity contribution in [3.8, 4) is 0 Å². The normalized spacial score (nSPS) is 15.6. The van der Waals surface area contributed by atoms with Crippen molar-refractivity contribution in [3.05, 3.63) is 83.7 Å². The van der Waals surface area contributed by atoms with E-state index in [0.29, 0.717) is 32.7 Å². The summed E-state index contributed by atoms with van der Waals surface area (Å²) in [5.41, 5.74) is 3.76. The SMILES string of the molecule is CC(C)S(=O)(=O)N1CCN(c2ccc(C=Cc3cc(F)cc(Cn4ccnc4)c3)cc2)CC1. The smallest absolute Gasteiger partial charge is 0.216 e. The van der Waals surface area contributed by atoms with E-state index in [0.717, 1.165) is 22.4 Å². The van der Waals surface area contributed by atoms with Crippen molar-refractivity contribution in [2.75, 3.05) is 31.1 Å². The van der Waals surface area contributed by atoms with Crippen LogP contribution < -0.4 is 4.90 Å². The molecule has 0 radical (unpaired) electrons. The van der Waals surface area contributed by atoms with E-state index < -0.39 is 15.3 Å². The van der Waals surface area contributed by atoms with E-state index in [4.69, 9.17) is 0 Å². The average Bonchev–Trinajstić information content (AvgIpc) is 3.31. The van der Waals surface area contributed by atoms with Gasteiger partial charge < -0.3 is 9.47 Å². The summed E-state index contributed by atoms with van der Waals surface area (Å²) in [6.45, 7) is 6.36. The molecule has 3 aromatic rings. The molecule has 0 aliphatic carbocycles. The standard InChI is InChI=1S/C25H29FN4O2S/c1-20(2)33(31,32)30-13-11-29(12-14-30)25-7-5-21(6-8-25)3-4-22-15-23(17-24(26)16-22)18-28-10-9-27-19-28/h3-10,15-17,19-20H,11-14,18H2,1-2H3. The van der Waals surface area contributed by atoms with Crippen molar-refractivity contribution in [1.29, 1.82) is 0 Å². The van der Waals surface area contributed by atoms with Crippen LogP contribution in [0.4, 0.5) is 10.1 Å². The first kappa shape index (κ1) is 23.2. The highest BCUT2D eigenvalue weighted by atomic mass is 32.2. The summed E-state index contributed by atoms with van der Waals surface area (Å²) >= 11 is 0. The summed E-state index contributed by atoms with van der Waals surface area (Å²) in [7, 11) is -3.20. The number of aromatic nitrogens is 2. The zero-order chi connectivity index (χ0) is 23.4. The minimum absolute atomic E-state index is 0.263. The molecule has 174 valence electrons. The van der Waals surface area contributed by atoms with E-state index in [9.17, 15) is 12.8 Å². The summed E-state index contributed by atoms with van der Waals surface area (Å²) < 4.78 is 42.3. The lowest BCUT2D eigenvalue weighted by Gasteiger charge is -2.36. The molecule has 1 aliphatic heterocycles. The molecule has 8 heteroatoms. The van der Waals surface area contributed by atoms with Gasteiger partial charge in [-0.15, -0.1) is 0 Å². The van der Waals surface area contributed by atoms with Crippen LogP contribution in [0.3, 0.4) is 0 Å². The molecule has 33 heavy (non-hydrogen) atoms. The zero-order valence-electron chi connectivity index (χ0n) is 18.9. The van der Waals surface area contributed by atoms with E-state index in [1.165, 1.54) is 12.1 Å². The number of anilines is 1. The Morgan fingerprint density at radius 3 is 2.33 bits per heavy atom. The van der Waals surface area contributed by atoms with Gasteiger partial charge in [-0.25, -0.2) is 17.8 Å². The number of hydrogen-bond acceptors (Lipinski definition) is 4. The lowest BCUT2D eigenvalue weighted by atomic mass is 10.1. The van der Waals surface area contributed by atoms with Crippen molar-refractivity contribution in [2.45, 2.75) is 25.6 Å². The number of piperazine rings is 1. The number of hydrogen-bond donors (Lipinski definition) is 0. The number of nitrogens with zero attached hydrogens (tertiary/aromatic N) is 4. The molecule has 2 heterocycles. The highest BCUT2D eigenvalue weighted by Gasteiger charge is 2.29. The molecule has 2 aromatic carbocycles. The molecule has 0 atom stereocenters. The topological polar surface area (TPSA) is 58.4 Å². The highest BCUT2D eigenvalue weighted by molar-refractivity contribution is 7.89. The Morgan fingerprint density at radius 2 is 1.70 bits per heavy atom. The maximum Gasteiger partial charge on any atom is 0.216 e. The van der Waals surface area contributed by atoms with Crippen LogP contribution in [-0.4, -0.2) is 53.7 Å². The van der Waals surface area contributed by atoms with Crippen LogP contribution in [0.2, 0.25) is 0 Å². The van der Waals surface area contributed by atoms with Gasteiger partial charge in [-0.2, -0.15) is 4.31 Å². The van der Waals surface area contributed by atoms with Crippen LogP contribution in [0.1, 0.15) is 30.5 Å². The van der Waals surface area contributed by atoms with Gasteiger partial charge in [0.05, 0.1) is 11.6 Å². The van der Waals surface area contributed by atoms with Crippen LogP contribution in [0, 0.1) is 5.82 Å². The Kier molecular flexibility index (Phi) is 6.95. The Balaban J connectivity index is 1.39. The van der Waals surface area contributed by atoms with Crippen LogP contribution in [-0.2, 0) is 16.6 Å². The summed E-state index contributed by atoms with van der Waals surface area (Å²) in [5, 5.41) is -0.393. The van der Waals surface area contributed by atoms with Gasteiger partial charge in [0.15, 0.2) is 0 Å². The lowest BCUT2D eigenvalue weighted by Crippen LogP contribution is -2.50. The van der Waals surface area contributed by atoms with E-state index in [1.807, 2.05) is 53.2 Å². The first-order valence-corrected chi connectivity index (χ1v) is 12.6. The Hall–Kier alpha value is -2.97. The van der Waals surface area contributed by atoms with Gasteiger partial charge >= 0.3 is 0 Å². The molecule has 1 saturated heterocycles. The Labute approximate surface area is 195 Å². The first-order valence-electron chi connectivity index (χ1n) is 11.1. The quantitative estimate of drug-likeness (QED) is 0.490. The summed E-state index contributed by atoms with van der Waals surface area (Å²) in [6, 6.07) is 13.2. The zero-order valence-corrected chi connectivity index (χ0v) is 19.7. The van der Waals surface area contributed by atoms with Gasteiger partial charge in [-0.1, -0.05) is 24.3 Å². The predicted molar refractivity (Wildman–Crippen MR) is 131 cm³/mol. The number of halogens is 1. The molecule has 0 bridgehead atoms. The lowest BCUT2D eigenvalue weighted by molar-refractivity contribution is 0.381. The highest BCUT2D eigenvalue weighted by Crippen LogP contribution is 2.21. The third-order valence-electron chi connectivity index (χ3n) is 5.82. The van der Waals surface area contributed by atoms with Gasteiger partial charge in [-0.3, -0.25) is 0 Å². The average molecular weight is 469 g/mol. The largest absolute Gasteiger partial charge is 0.369 e. The van der Waals surface area contributed by atoms with E-state index >= 15 is 0 Å². The van der Waals surface area contributed by atoms with Crippen molar-refractivity contribution in [1.82, 2.24) is 13.9 Å². The van der Waals surface area contributed by atoms with Crippen LogP contribution in [0.5, 0.6) is 0 Å². The fourth-order valence-electron chi connectivity index (χ4n) is 3.94. The minimum atomic E-state index is -3.20. The first-order chi connectivity index (χ1) is 15.8. The maximum atomic E-state index is 14.1. The second-order valence-electron chi connectivity index (χ2n) is 8.53. The van der Waals surface area contributed by atoms with Crippen molar-refractivity contribution in [2.24, 2.45) is 0 Å². The maximum absolute atomic E-state index is 14.1. The summed E-state index contributed by atoms with van der Waals surface area (Å²) in [4.78, 5) is 6.23. The second kappa shape index (κ2) is 9.89. The Bertz CT molecular complexity index is 1200. The van der Waals surface area contributed by atoms with Crippen LogP contribution in [0.15, 0.2) is 61.2 Å².